The molecule has 0 aliphatic carbocycles. The smallest absolute Gasteiger partial charge is 0.253 e. The maximum Gasteiger partial charge on any atom is 0.253 e. The van der Waals surface area contributed by atoms with Gasteiger partial charge in [-0.1, -0.05) is 29.3 Å². The molecular formula is C13H21ClN2O2S2. The molecule has 0 radical (unpaired) electrons. The monoisotopic (exact) mass is 336 g/mol. The molecule has 1 aromatic carbocycles. The van der Waals surface area contributed by atoms with Gasteiger partial charge in [-0.3, -0.25) is 0 Å². The quantitative estimate of drug-likeness (QED) is 0.808. The van der Waals surface area contributed by atoms with Crippen LogP contribution in [0, 0.1) is 6.92 Å². The summed E-state index contributed by atoms with van der Waals surface area (Å²) >= 11 is 14.3. The Balaban J connectivity index is 0. The maximum atomic E-state index is 5.61. The average Bonchev–Trinajstić information content (AvgIpc) is 2.34. The van der Waals surface area contributed by atoms with Crippen molar-refractivity contribution in [3.8, 4) is 0 Å². The molecule has 20 heavy (non-hydrogen) atoms. The highest BCUT2D eigenvalue weighted by Crippen LogP contribution is 2.07. The van der Waals surface area contributed by atoms with Crippen molar-refractivity contribution in [1.82, 2.24) is 0 Å². The zero-order chi connectivity index (χ0) is 16.0. The van der Waals surface area contributed by atoms with Crippen LogP contribution in [0.2, 0.25) is 5.02 Å². The Hall–Kier alpha value is -1.11. The van der Waals surface area contributed by atoms with E-state index in [1.54, 1.807) is 0 Å². The van der Waals surface area contributed by atoms with Crippen molar-refractivity contribution in [2.75, 3.05) is 13.2 Å². The molecule has 1 aromatic rings. The van der Waals surface area contributed by atoms with Crippen LogP contribution in [0.1, 0.15) is 19.4 Å². The summed E-state index contributed by atoms with van der Waals surface area (Å²) in [5, 5.41) is 1.05. The summed E-state index contributed by atoms with van der Waals surface area (Å²) in [5.74, 6) is 0. The van der Waals surface area contributed by atoms with Crippen molar-refractivity contribution >= 4 is 46.4 Å². The molecule has 0 saturated carbocycles. The van der Waals surface area contributed by atoms with Crippen molar-refractivity contribution in [2.24, 2.45) is 11.5 Å². The fraction of sp³-hybridized carbons (Fsp3) is 0.385. The molecule has 0 atom stereocenters. The van der Waals surface area contributed by atoms with Gasteiger partial charge < -0.3 is 20.9 Å². The molecule has 0 heterocycles. The summed E-state index contributed by atoms with van der Waals surface area (Å²) in [7, 11) is 0. The first-order valence-corrected chi connectivity index (χ1v) is 7.09. The number of thiocarbonyl (C=S) groups is 2. The van der Waals surface area contributed by atoms with Gasteiger partial charge in [0, 0.05) is 5.02 Å². The highest BCUT2D eigenvalue weighted by atomic mass is 35.5. The third kappa shape index (κ3) is 19.2. The van der Waals surface area contributed by atoms with E-state index in [0.29, 0.717) is 13.2 Å². The van der Waals surface area contributed by atoms with E-state index in [4.69, 9.17) is 23.1 Å². The fourth-order valence-corrected chi connectivity index (χ4v) is 1.18. The van der Waals surface area contributed by atoms with Crippen LogP contribution < -0.4 is 11.5 Å². The lowest BCUT2D eigenvalue weighted by Gasteiger charge is -1.93. The largest absolute Gasteiger partial charge is 0.472 e. The molecule has 0 saturated heterocycles. The summed E-state index contributed by atoms with van der Waals surface area (Å²) in [4.78, 5) is 0. The van der Waals surface area contributed by atoms with Gasteiger partial charge in [0.1, 0.15) is 0 Å². The molecule has 0 spiro atoms. The second kappa shape index (κ2) is 14.3. The van der Waals surface area contributed by atoms with Crippen LogP contribution in [0.5, 0.6) is 0 Å². The van der Waals surface area contributed by atoms with Crippen LogP contribution in [-0.4, -0.2) is 23.6 Å². The van der Waals surface area contributed by atoms with E-state index in [2.05, 4.69) is 33.9 Å². The lowest BCUT2D eigenvalue weighted by Crippen LogP contribution is -2.11. The minimum atomic E-state index is 0.123. The zero-order valence-electron chi connectivity index (χ0n) is 11.9. The summed E-state index contributed by atoms with van der Waals surface area (Å²) in [6, 6.07) is 7.75. The number of hydrogen-bond donors (Lipinski definition) is 2. The van der Waals surface area contributed by atoms with Gasteiger partial charge >= 0.3 is 0 Å². The molecule has 0 fully saturated rings. The highest BCUT2D eigenvalue weighted by Gasteiger charge is 1.82. The van der Waals surface area contributed by atoms with Gasteiger partial charge in [-0.05, 0) is 57.3 Å². The molecule has 1 rings (SSSR count). The molecule has 0 aliphatic rings. The number of benzene rings is 1. The molecule has 7 heteroatoms. The number of halogens is 1. The van der Waals surface area contributed by atoms with Gasteiger partial charge in [0.25, 0.3) is 10.3 Å². The number of rotatable bonds is 2. The van der Waals surface area contributed by atoms with Gasteiger partial charge in [0.2, 0.25) is 0 Å². The topological polar surface area (TPSA) is 70.5 Å². The van der Waals surface area contributed by atoms with Gasteiger partial charge in [0.05, 0.1) is 13.2 Å². The van der Waals surface area contributed by atoms with E-state index >= 15 is 0 Å². The van der Waals surface area contributed by atoms with Crippen molar-refractivity contribution < 1.29 is 9.47 Å². The predicted molar refractivity (Wildman–Crippen MR) is 93.0 cm³/mol. The predicted octanol–water partition coefficient (Wildman–Crippen LogP) is 3.18. The van der Waals surface area contributed by atoms with E-state index in [1.165, 1.54) is 5.56 Å². The first-order chi connectivity index (χ1) is 9.33. The number of aryl methyl sites for hydroxylation is 1. The Kier molecular flexibility index (Phi) is 15.2. The van der Waals surface area contributed by atoms with Crippen molar-refractivity contribution in [3.63, 3.8) is 0 Å². The summed E-state index contributed by atoms with van der Waals surface area (Å²) in [5.41, 5.74) is 11.1. The van der Waals surface area contributed by atoms with Crippen LogP contribution in [0.3, 0.4) is 0 Å². The van der Waals surface area contributed by atoms with Crippen molar-refractivity contribution in [1.29, 1.82) is 0 Å². The highest BCUT2D eigenvalue weighted by molar-refractivity contribution is 7.80. The molecule has 0 aromatic heterocycles. The minimum Gasteiger partial charge on any atom is -0.472 e. The number of hydrogen-bond acceptors (Lipinski definition) is 4. The molecule has 4 nitrogen and oxygen atoms in total. The third-order valence-corrected chi connectivity index (χ3v) is 2.07. The maximum absolute atomic E-state index is 5.61. The van der Waals surface area contributed by atoms with E-state index in [0.717, 1.165) is 5.02 Å². The van der Waals surface area contributed by atoms with Crippen LogP contribution >= 0.6 is 36.0 Å². The lowest BCUT2D eigenvalue weighted by atomic mass is 10.2. The van der Waals surface area contributed by atoms with Gasteiger partial charge in [-0.15, -0.1) is 0 Å². The molecular weight excluding hydrogens is 316 g/mol. The first kappa shape index (κ1) is 21.2. The van der Waals surface area contributed by atoms with Crippen LogP contribution in [-0.2, 0) is 9.47 Å². The number of ether oxygens (including phenoxy) is 2. The third-order valence-electron chi connectivity index (χ3n) is 1.58. The molecule has 0 unspecified atom stereocenters. The van der Waals surface area contributed by atoms with E-state index < -0.39 is 0 Å². The summed E-state index contributed by atoms with van der Waals surface area (Å²) in [6.07, 6.45) is 0. The van der Waals surface area contributed by atoms with Gasteiger partial charge in [-0.2, -0.15) is 0 Å². The Morgan fingerprint density at radius 2 is 1.35 bits per heavy atom. The minimum absolute atomic E-state index is 0.123. The van der Waals surface area contributed by atoms with E-state index in [9.17, 15) is 0 Å². The Labute approximate surface area is 136 Å². The summed E-state index contributed by atoms with van der Waals surface area (Å²) in [6.45, 7) is 6.83. The zero-order valence-corrected chi connectivity index (χ0v) is 14.3. The Bertz CT molecular complexity index is 349. The van der Waals surface area contributed by atoms with E-state index in [1.807, 2.05) is 45.0 Å². The Morgan fingerprint density at radius 1 is 1.00 bits per heavy atom. The lowest BCUT2D eigenvalue weighted by molar-refractivity contribution is 0.331. The summed E-state index contributed by atoms with van der Waals surface area (Å²) < 4.78 is 9.10. The van der Waals surface area contributed by atoms with Crippen LogP contribution in [0.15, 0.2) is 24.3 Å². The van der Waals surface area contributed by atoms with Gasteiger partial charge in [0.15, 0.2) is 0 Å². The molecule has 0 bridgehead atoms. The van der Waals surface area contributed by atoms with Crippen LogP contribution in [0.4, 0.5) is 0 Å². The molecule has 0 aliphatic heterocycles. The normalized spacial score (nSPS) is 8.20. The van der Waals surface area contributed by atoms with Gasteiger partial charge in [-0.25, -0.2) is 0 Å². The van der Waals surface area contributed by atoms with Crippen molar-refractivity contribution in [3.05, 3.63) is 34.9 Å². The second-order valence-corrected chi connectivity index (χ2v) is 4.54. The molecule has 0 amide bonds. The van der Waals surface area contributed by atoms with E-state index in [-0.39, 0.29) is 10.3 Å². The average molecular weight is 337 g/mol. The SMILES string of the molecule is CCOC(N)=S.CCOC(N)=S.Cc1ccc(Cl)cc1. The van der Waals surface area contributed by atoms with Crippen molar-refractivity contribution in [2.45, 2.75) is 20.8 Å². The molecule has 114 valence electrons. The fourth-order valence-electron chi connectivity index (χ4n) is 0.818. The second-order valence-electron chi connectivity index (χ2n) is 3.30. The van der Waals surface area contributed by atoms with Crippen LogP contribution in [0.25, 0.3) is 0 Å². The Morgan fingerprint density at radius 3 is 1.50 bits per heavy atom. The molecule has 4 N–H and O–H groups in total. The standard InChI is InChI=1S/C7H7Cl.2C3H7NOS/c1-6-2-4-7(8)5-3-6;2*1-2-5-3(4)6/h2-5H,1H3;2*2H2,1H3,(H2,4,6). The first-order valence-electron chi connectivity index (χ1n) is 5.90. The number of nitrogens with two attached hydrogens (primary N) is 2.